The number of benzene rings is 2. The summed E-state index contributed by atoms with van der Waals surface area (Å²) < 4.78 is 5.55. The molecular weight excluding hydrogens is 432 g/mol. The topological polar surface area (TPSA) is 105 Å². The van der Waals surface area contributed by atoms with Crippen LogP contribution in [0.3, 0.4) is 0 Å². The third-order valence-corrected chi connectivity index (χ3v) is 7.90. The van der Waals surface area contributed by atoms with Crippen LogP contribution in [0.2, 0.25) is 0 Å². The molecule has 34 heavy (non-hydrogen) atoms. The van der Waals surface area contributed by atoms with Crippen LogP contribution in [-0.2, 0) is 14.3 Å². The summed E-state index contributed by atoms with van der Waals surface area (Å²) >= 11 is 0. The number of carboxylic acids is 1. The molecule has 3 aliphatic carbocycles. The minimum absolute atomic E-state index is 0.0732. The van der Waals surface area contributed by atoms with E-state index >= 15 is 0 Å². The predicted octanol–water partition coefficient (Wildman–Crippen LogP) is 4.21. The first-order chi connectivity index (χ1) is 16.4. The fourth-order valence-corrected chi connectivity index (χ4v) is 6.01. The molecule has 5 rings (SSSR count). The Morgan fingerprint density at radius 3 is 2.12 bits per heavy atom. The molecule has 7 nitrogen and oxygen atoms in total. The average Bonchev–Trinajstić information content (AvgIpc) is 3.10. The number of carboxylic acid groups (broad SMARTS) is 1. The first-order valence-electron chi connectivity index (χ1n) is 12.0. The Balaban J connectivity index is 1.20. The Hall–Kier alpha value is -3.35. The number of aliphatic carboxylic acids is 1. The molecular formula is C27H30N2O5. The SMILES string of the molecule is CC[C@H](NC(=O)OCC1c2ccccc2-c2ccccc21)C(=O)NC1(C(=O)O)CC2(CCC2)C1. The molecule has 0 saturated heterocycles. The highest BCUT2D eigenvalue weighted by molar-refractivity contribution is 5.92. The molecule has 2 aromatic rings. The molecule has 2 saturated carbocycles. The fraction of sp³-hybridized carbons (Fsp3) is 0.444. The smallest absolute Gasteiger partial charge is 0.407 e. The highest BCUT2D eigenvalue weighted by Gasteiger charge is 2.62. The van der Waals surface area contributed by atoms with E-state index in [2.05, 4.69) is 22.8 Å². The number of amides is 2. The van der Waals surface area contributed by atoms with Gasteiger partial charge in [0.2, 0.25) is 5.91 Å². The first kappa shape index (κ1) is 22.4. The van der Waals surface area contributed by atoms with Gasteiger partial charge in [-0.2, -0.15) is 0 Å². The van der Waals surface area contributed by atoms with E-state index < -0.39 is 29.6 Å². The van der Waals surface area contributed by atoms with Crippen LogP contribution in [0, 0.1) is 5.41 Å². The van der Waals surface area contributed by atoms with Gasteiger partial charge < -0.3 is 20.5 Å². The molecule has 0 radical (unpaired) electrons. The quantitative estimate of drug-likeness (QED) is 0.572. The van der Waals surface area contributed by atoms with Crippen molar-refractivity contribution >= 4 is 18.0 Å². The Bertz CT molecular complexity index is 1090. The van der Waals surface area contributed by atoms with Crippen molar-refractivity contribution in [3.8, 4) is 11.1 Å². The minimum atomic E-state index is -1.23. The van der Waals surface area contributed by atoms with Gasteiger partial charge in [-0.1, -0.05) is 61.9 Å². The first-order valence-corrected chi connectivity index (χ1v) is 12.0. The van der Waals surface area contributed by atoms with Gasteiger partial charge in [-0.25, -0.2) is 9.59 Å². The van der Waals surface area contributed by atoms with E-state index in [1.165, 1.54) is 0 Å². The molecule has 0 aliphatic heterocycles. The van der Waals surface area contributed by atoms with Crippen LogP contribution < -0.4 is 10.6 Å². The van der Waals surface area contributed by atoms with Gasteiger partial charge in [-0.3, -0.25) is 4.79 Å². The third kappa shape index (κ3) is 3.73. The number of nitrogens with one attached hydrogen (secondary N) is 2. The summed E-state index contributed by atoms with van der Waals surface area (Å²) in [5.41, 5.74) is 3.35. The maximum absolute atomic E-state index is 12.9. The lowest BCUT2D eigenvalue weighted by Crippen LogP contribution is -2.69. The zero-order valence-corrected chi connectivity index (χ0v) is 19.3. The van der Waals surface area contributed by atoms with E-state index in [1.54, 1.807) is 6.92 Å². The average molecular weight is 463 g/mol. The maximum Gasteiger partial charge on any atom is 0.407 e. The number of carbonyl (C=O) groups is 3. The summed E-state index contributed by atoms with van der Waals surface area (Å²) in [6.07, 6.45) is 3.73. The zero-order chi connectivity index (χ0) is 23.9. The molecule has 1 spiro atoms. The molecule has 2 aromatic carbocycles. The second kappa shape index (κ2) is 8.46. The second-order valence-corrected chi connectivity index (χ2v) is 10.0. The molecule has 0 heterocycles. The number of hydrogen-bond acceptors (Lipinski definition) is 4. The molecule has 2 amide bonds. The Morgan fingerprint density at radius 1 is 1.03 bits per heavy atom. The van der Waals surface area contributed by atoms with Crippen molar-refractivity contribution in [3.63, 3.8) is 0 Å². The van der Waals surface area contributed by atoms with Crippen LogP contribution in [0.5, 0.6) is 0 Å². The van der Waals surface area contributed by atoms with E-state index in [4.69, 9.17) is 4.74 Å². The van der Waals surface area contributed by atoms with Crippen LogP contribution in [0.15, 0.2) is 48.5 Å². The van der Waals surface area contributed by atoms with Crippen LogP contribution in [0.25, 0.3) is 11.1 Å². The van der Waals surface area contributed by atoms with E-state index in [-0.39, 0.29) is 17.9 Å². The summed E-state index contributed by atoms with van der Waals surface area (Å²) in [4.78, 5) is 37.4. The maximum atomic E-state index is 12.9. The lowest BCUT2D eigenvalue weighted by molar-refractivity contribution is -0.166. The predicted molar refractivity (Wildman–Crippen MR) is 126 cm³/mol. The fourth-order valence-electron chi connectivity index (χ4n) is 6.01. The highest BCUT2D eigenvalue weighted by Crippen LogP contribution is 2.60. The Morgan fingerprint density at radius 2 is 1.62 bits per heavy atom. The number of ether oxygens (including phenoxy) is 1. The van der Waals surface area contributed by atoms with Gasteiger partial charge in [0.25, 0.3) is 0 Å². The molecule has 0 aromatic heterocycles. The van der Waals surface area contributed by atoms with Crippen molar-refractivity contribution in [1.29, 1.82) is 0 Å². The molecule has 3 aliphatic rings. The molecule has 178 valence electrons. The summed E-state index contributed by atoms with van der Waals surface area (Å²) in [5, 5.41) is 15.1. The van der Waals surface area contributed by atoms with Crippen molar-refractivity contribution in [2.75, 3.05) is 6.61 Å². The number of rotatable bonds is 7. The number of alkyl carbamates (subject to hydrolysis) is 1. The molecule has 0 unspecified atom stereocenters. The highest BCUT2D eigenvalue weighted by atomic mass is 16.5. The van der Waals surface area contributed by atoms with Gasteiger partial charge in [0.05, 0.1) is 0 Å². The molecule has 2 fully saturated rings. The number of fused-ring (bicyclic) bond motifs is 3. The molecule has 3 N–H and O–H groups in total. The van der Waals surface area contributed by atoms with Gasteiger partial charge in [0.1, 0.15) is 18.2 Å². The van der Waals surface area contributed by atoms with E-state index in [1.807, 2.05) is 36.4 Å². The van der Waals surface area contributed by atoms with Crippen molar-refractivity contribution in [2.45, 2.75) is 62.9 Å². The summed E-state index contributed by atoms with van der Waals surface area (Å²) in [6.45, 7) is 1.93. The van der Waals surface area contributed by atoms with E-state index in [9.17, 15) is 19.5 Å². The van der Waals surface area contributed by atoms with Gasteiger partial charge in [-0.15, -0.1) is 0 Å². The summed E-state index contributed by atoms with van der Waals surface area (Å²) in [6, 6.07) is 15.3. The largest absolute Gasteiger partial charge is 0.480 e. The van der Waals surface area contributed by atoms with E-state index in [0.29, 0.717) is 19.3 Å². The third-order valence-electron chi connectivity index (χ3n) is 7.90. The number of hydrogen-bond donors (Lipinski definition) is 3. The lowest BCUT2D eigenvalue weighted by atomic mass is 9.48. The Labute approximate surface area is 198 Å². The van der Waals surface area contributed by atoms with Crippen molar-refractivity contribution in [3.05, 3.63) is 59.7 Å². The van der Waals surface area contributed by atoms with Gasteiger partial charge in [-0.05, 0) is 59.8 Å². The normalized spacial score (nSPS) is 19.7. The molecule has 0 bridgehead atoms. The number of carbonyl (C=O) groups excluding carboxylic acids is 2. The minimum Gasteiger partial charge on any atom is -0.480 e. The molecule has 1 atom stereocenters. The summed E-state index contributed by atoms with van der Waals surface area (Å²) in [7, 11) is 0. The van der Waals surface area contributed by atoms with Gasteiger partial charge in [0.15, 0.2) is 0 Å². The van der Waals surface area contributed by atoms with Crippen LogP contribution in [0.4, 0.5) is 4.79 Å². The van der Waals surface area contributed by atoms with Gasteiger partial charge >= 0.3 is 12.1 Å². The Kier molecular flexibility index (Phi) is 5.58. The zero-order valence-electron chi connectivity index (χ0n) is 19.3. The van der Waals surface area contributed by atoms with Crippen LogP contribution >= 0.6 is 0 Å². The lowest BCUT2D eigenvalue weighted by Gasteiger charge is -2.59. The second-order valence-electron chi connectivity index (χ2n) is 10.0. The van der Waals surface area contributed by atoms with Crippen molar-refractivity contribution < 1.29 is 24.2 Å². The van der Waals surface area contributed by atoms with Crippen molar-refractivity contribution in [1.82, 2.24) is 10.6 Å². The molecule has 7 heteroatoms. The van der Waals surface area contributed by atoms with Crippen molar-refractivity contribution in [2.24, 2.45) is 5.41 Å². The van der Waals surface area contributed by atoms with Crippen LogP contribution in [0.1, 0.15) is 62.5 Å². The van der Waals surface area contributed by atoms with E-state index in [0.717, 1.165) is 41.5 Å². The van der Waals surface area contributed by atoms with Gasteiger partial charge in [0, 0.05) is 5.92 Å². The monoisotopic (exact) mass is 462 g/mol. The van der Waals surface area contributed by atoms with Crippen LogP contribution in [-0.4, -0.2) is 41.3 Å². The standard InChI is InChI=1S/C27H30N2O5/c1-2-22(23(30)29-27(24(31)32)15-26(16-27)12-7-13-26)28-25(33)34-14-21-19-10-5-3-8-17(19)18-9-4-6-11-20(18)21/h3-6,8-11,21-22H,2,7,12-16H2,1H3,(H,28,33)(H,29,30)(H,31,32)/t22-/m0/s1. The summed E-state index contributed by atoms with van der Waals surface area (Å²) in [5.74, 6) is -1.56.